The van der Waals surface area contributed by atoms with Crippen LogP contribution in [0.15, 0.2) is 56.7 Å². The Morgan fingerprint density at radius 3 is 2.63 bits per heavy atom. The Hall–Kier alpha value is -2.53. The molecule has 8 nitrogen and oxygen atoms in total. The molecule has 0 saturated carbocycles. The number of hydrogen-bond acceptors (Lipinski definition) is 7. The van der Waals surface area contributed by atoms with Crippen LogP contribution >= 0.6 is 22.9 Å². The number of thiazole rings is 1. The molecule has 0 fully saturated rings. The number of hydrogen-bond donors (Lipinski definition) is 0. The van der Waals surface area contributed by atoms with E-state index in [9.17, 15) is 13.2 Å². The van der Waals surface area contributed by atoms with Gasteiger partial charge in [0.05, 0.1) is 21.7 Å². The van der Waals surface area contributed by atoms with E-state index in [0.29, 0.717) is 27.7 Å². The number of aromatic nitrogens is 3. The standard InChI is InChI=1S/C19H17ClN4O4S2/c1-3-24-15-9-8-14(10-16(15)29-19(24)25)30(26,27)23(2)11-17-21-18(22-28-17)12-4-6-13(20)7-5-12/h4-10H,3,11H2,1-2H3. The highest BCUT2D eigenvalue weighted by Crippen LogP contribution is 2.25. The van der Waals surface area contributed by atoms with Crippen LogP contribution in [-0.4, -0.2) is 34.5 Å². The van der Waals surface area contributed by atoms with Gasteiger partial charge in [-0.05, 0) is 49.4 Å². The van der Waals surface area contributed by atoms with Gasteiger partial charge in [-0.15, -0.1) is 0 Å². The molecular formula is C19H17ClN4O4S2. The Kier molecular flexibility index (Phi) is 5.49. The topological polar surface area (TPSA) is 98.3 Å². The van der Waals surface area contributed by atoms with Crippen molar-refractivity contribution in [3.05, 3.63) is 63.0 Å². The van der Waals surface area contributed by atoms with Crippen LogP contribution in [0.5, 0.6) is 0 Å². The van der Waals surface area contributed by atoms with Gasteiger partial charge in [-0.2, -0.15) is 9.29 Å². The van der Waals surface area contributed by atoms with Crippen molar-refractivity contribution in [3.8, 4) is 11.4 Å². The van der Waals surface area contributed by atoms with Gasteiger partial charge in [0.15, 0.2) is 0 Å². The summed E-state index contributed by atoms with van der Waals surface area (Å²) in [7, 11) is -2.38. The van der Waals surface area contributed by atoms with Gasteiger partial charge in [-0.3, -0.25) is 9.36 Å². The van der Waals surface area contributed by atoms with Crippen molar-refractivity contribution >= 4 is 43.2 Å². The maximum Gasteiger partial charge on any atom is 0.308 e. The van der Waals surface area contributed by atoms with Gasteiger partial charge in [0, 0.05) is 24.2 Å². The van der Waals surface area contributed by atoms with E-state index in [1.165, 1.54) is 19.2 Å². The number of fused-ring (bicyclic) bond motifs is 1. The van der Waals surface area contributed by atoms with Crippen molar-refractivity contribution in [2.75, 3.05) is 7.05 Å². The highest BCUT2D eigenvalue weighted by Gasteiger charge is 2.24. The maximum atomic E-state index is 13.0. The Morgan fingerprint density at radius 1 is 1.20 bits per heavy atom. The molecule has 0 atom stereocenters. The third-order valence-electron chi connectivity index (χ3n) is 4.59. The van der Waals surface area contributed by atoms with E-state index in [0.717, 1.165) is 21.2 Å². The maximum absolute atomic E-state index is 13.0. The van der Waals surface area contributed by atoms with E-state index < -0.39 is 10.0 Å². The summed E-state index contributed by atoms with van der Waals surface area (Å²) in [4.78, 5) is 16.3. The fourth-order valence-electron chi connectivity index (χ4n) is 3.00. The smallest absolute Gasteiger partial charge is 0.308 e. The predicted octanol–water partition coefficient (Wildman–Crippen LogP) is 3.61. The first kappa shape index (κ1) is 20.7. The molecule has 0 aliphatic heterocycles. The minimum atomic E-state index is -3.82. The predicted molar refractivity (Wildman–Crippen MR) is 115 cm³/mol. The zero-order valence-electron chi connectivity index (χ0n) is 16.1. The molecule has 0 aliphatic rings. The molecule has 2 heterocycles. The Morgan fingerprint density at radius 2 is 1.93 bits per heavy atom. The molecule has 4 aromatic rings. The number of aryl methyl sites for hydroxylation is 1. The Labute approximate surface area is 181 Å². The molecule has 11 heteroatoms. The molecule has 0 radical (unpaired) electrons. The second-order valence-corrected chi connectivity index (χ2v) is 10.00. The van der Waals surface area contributed by atoms with Gasteiger partial charge in [0.25, 0.3) is 0 Å². The van der Waals surface area contributed by atoms with Gasteiger partial charge in [-0.1, -0.05) is 28.1 Å². The number of halogens is 1. The van der Waals surface area contributed by atoms with Crippen molar-refractivity contribution in [1.29, 1.82) is 0 Å². The molecule has 2 aromatic carbocycles. The molecule has 0 unspecified atom stereocenters. The lowest BCUT2D eigenvalue weighted by Crippen LogP contribution is -2.26. The summed E-state index contributed by atoms with van der Waals surface area (Å²) in [6, 6.07) is 11.6. The zero-order chi connectivity index (χ0) is 21.5. The number of nitrogens with zero attached hydrogens (tertiary/aromatic N) is 4. The van der Waals surface area contributed by atoms with Crippen LogP contribution in [0.1, 0.15) is 12.8 Å². The van der Waals surface area contributed by atoms with Gasteiger partial charge < -0.3 is 4.52 Å². The van der Waals surface area contributed by atoms with Gasteiger partial charge in [-0.25, -0.2) is 8.42 Å². The van der Waals surface area contributed by atoms with E-state index in [1.54, 1.807) is 34.9 Å². The number of rotatable bonds is 6. The van der Waals surface area contributed by atoms with Crippen molar-refractivity contribution < 1.29 is 12.9 Å². The molecular weight excluding hydrogens is 448 g/mol. The van der Waals surface area contributed by atoms with Gasteiger partial charge >= 0.3 is 4.87 Å². The normalized spacial score (nSPS) is 12.1. The SMILES string of the molecule is CCn1c(=O)sc2cc(S(=O)(=O)N(C)Cc3nc(-c4ccc(Cl)cc4)no3)ccc21. The largest absolute Gasteiger partial charge is 0.338 e. The average Bonchev–Trinajstić information content (AvgIpc) is 3.31. The third kappa shape index (κ3) is 3.79. The van der Waals surface area contributed by atoms with Crippen LogP contribution in [0, 0.1) is 0 Å². The van der Waals surface area contributed by atoms with Crippen LogP contribution in [0.3, 0.4) is 0 Å². The lowest BCUT2D eigenvalue weighted by Gasteiger charge is -2.15. The molecule has 0 saturated heterocycles. The summed E-state index contributed by atoms with van der Waals surface area (Å²) >= 11 is 6.91. The average molecular weight is 465 g/mol. The third-order valence-corrected chi connectivity index (χ3v) is 7.59. The molecule has 0 N–H and O–H groups in total. The van der Waals surface area contributed by atoms with Crippen LogP contribution in [0.25, 0.3) is 21.6 Å². The fraction of sp³-hybridized carbons (Fsp3) is 0.211. The summed E-state index contributed by atoms with van der Waals surface area (Å²) in [5.74, 6) is 0.508. The monoisotopic (exact) mass is 464 g/mol. The van der Waals surface area contributed by atoms with Crippen LogP contribution in [-0.2, 0) is 23.1 Å². The Bertz CT molecular complexity index is 1370. The van der Waals surface area contributed by atoms with Crippen LogP contribution in [0.2, 0.25) is 5.02 Å². The van der Waals surface area contributed by atoms with Crippen molar-refractivity contribution in [2.24, 2.45) is 0 Å². The molecule has 0 spiro atoms. The van der Waals surface area contributed by atoms with Gasteiger partial charge in [0.2, 0.25) is 21.7 Å². The summed E-state index contributed by atoms with van der Waals surface area (Å²) < 4.78 is 34.6. The van der Waals surface area contributed by atoms with Crippen molar-refractivity contribution in [1.82, 2.24) is 19.0 Å². The fourth-order valence-corrected chi connectivity index (χ4v) is 5.34. The van der Waals surface area contributed by atoms with E-state index in [2.05, 4.69) is 10.1 Å². The van der Waals surface area contributed by atoms with E-state index in [4.69, 9.17) is 16.1 Å². The van der Waals surface area contributed by atoms with Crippen molar-refractivity contribution in [2.45, 2.75) is 24.9 Å². The van der Waals surface area contributed by atoms with E-state index in [-0.39, 0.29) is 22.2 Å². The molecule has 2 aromatic heterocycles. The van der Waals surface area contributed by atoms with Gasteiger partial charge in [0.1, 0.15) is 0 Å². The highest BCUT2D eigenvalue weighted by atomic mass is 35.5. The van der Waals surface area contributed by atoms with Crippen LogP contribution in [0.4, 0.5) is 0 Å². The highest BCUT2D eigenvalue weighted by molar-refractivity contribution is 7.89. The quantitative estimate of drug-likeness (QED) is 0.432. The number of benzene rings is 2. The summed E-state index contributed by atoms with van der Waals surface area (Å²) in [6.45, 7) is 2.31. The zero-order valence-corrected chi connectivity index (χ0v) is 18.5. The molecule has 30 heavy (non-hydrogen) atoms. The van der Waals surface area contributed by atoms with E-state index in [1.807, 2.05) is 6.92 Å². The second-order valence-electron chi connectivity index (χ2n) is 6.52. The lowest BCUT2D eigenvalue weighted by molar-refractivity contribution is 0.337. The molecule has 0 bridgehead atoms. The summed E-state index contributed by atoms with van der Waals surface area (Å²) in [5, 5.41) is 4.49. The first-order chi connectivity index (χ1) is 14.3. The minimum absolute atomic E-state index is 0.0901. The van der Waals surface area contributed by atoms with Crippen LogP contribution < -0.4 is 4.87 Å². The molecule has 0 amide bonds. The molecule has 4 rings (SSSR count). The lowest BCUT2D eigenvalue weighted by atomic mass is 10.2. The summed E-state index contributed by atoms with van der Waals surface area (Å²) in [6.07, 6.45) is 0. The first-order valence-electron chi connectivity index (χ1n) is 8.98. The molecule has 156 valence electrons. The van der Waals surface area contributed by atoms with Crippen molar-refractivity contribution in [3.63, 3.8) is 0 Å². The number of sulfonamides is 1. The minimum Gasteiger partial charge on any atom is -0.338 e. The first-order valence-corrected chi connectivity index (χ1v) is 11.6. The van der Waals surface area contributed by atoms with E-state index >= 15 is 0 Å². The molecule has 0 aliphatic carbocycles. The second kappa shape index (κ2) is 7.95. The summed E-state index contributed by atoms with van der Waals surface area (Å²) in [5.41, 5.74) is 1.43. The Balaban J connectivity index is 1.58.